The molecule has 1 aliphatic rings. The lowest BCUT2D eigenvalue weighted by molar-refractivity contribution is -0.384. The molecule has 0 unspecified atom stereocenters. The fourth-order valence-electron chi connectivity index (χ4n) is 2.47. The van der Waals surface area contributed by atoms with E-state index < -0.39 is 4.92 Å². The van der Waals surface area contributed by atoms with E-state index in [1.54, 1.807) is 30.9 Å². The van der Waals surface area contributed by atoms with E-state index in [-0.39, 0.29) is 10.9 Å². The molecule has 0 spiro atoms. The van der Waals surface area contributed by atoms with E-state index in [1.807, 2.05) is 35.2 Å². The normalized spacial score (nSPS) is 16.2. The Morgan fingerprint density at radius 1 is 1.28 bits per heavy atom. The number of nitro groups is 1. The van der Waals surface area contributed by atoms with Gasteiger partial charge in [-0.1, -0.05) is 42.1 Å². The van der Waals surface area contributed by atoms with Gasteiger partial charge in [-0.2, -0.15) is 0 Å². The summed E-state index contributed by atoms with van der Waals surface area (Å²) in [6.07, 6.45) is 0. The molecule has 2 aromatic rings. The number of thiocarbonyl (C=S) groups is 1. The van der Waals surface area contributed by atoms with E-state index >= 15 is 0 Å². The summed E-state index contributed by atoms with van der Waals surface area (Å²) < 4.78 is 0. The highest BCUT2D eigenvalue weighted by Crippen LogP contribution is 2.38. The van der Waals surface area contributed by atoms with Gasteiger partial charge in [0, 0.05) is 19.2 Å². The summed E-state index contributed by atoms with van der Waals surface area (Å²) in [7, 11) is 1.78. The van der Waals surface area contributed by atoms with Gasteiger partial charge in [-0.15, -0.1) is 0 Å². The quantitative estimate of drug-likeness (QED) is 0.503. The van der Waals surface area contributed by atoms with Gasteiger partial charge < -0.3 is 5.32 Å². The first-order chi connectivity index (χ1) is 12.1. The lowest BCUT2D eigenvalue weighted by Crippen LogP contribution is -2.40. The molecule has 0 saturated carbocycles. The lowest BCUT2D eigenvalue weighted by Gasteiger charge is -2.24. The van der Waals surface area contributed by atoms with Crippen molar-refractivity contribution in [3.8, 4) is 0 Å². The zero-order valence-electron chi connectivity index (χ0n) is 13.5. The van der Waals surface area contributed by atoms with Gasteiger partial charge in [-0.05, 0) is 29.9 Å². The molecule has 1 heterocycles. The minimum absolute atomic E-state index is 0.0927. The zero-order chi connectivity index (χ0) is 17.8. The second-order valence-electron chi connectivity index (χ2n) is 5.30. The fourth-order valence-corrected chi connectivity index (χ4v) is 3.87. The number of hydrogen-bond acceptors (Lipinski definition) is 5. The molecule has 0 aromatic heterocycles. The number of aliphatic imine (C=N–C) groups is 1. The maximum Gasteiger partial charge on any atom is 0.269 e. The maximum absolute atomic E-state index is 10.8. The molecule has 0 aliphatic carbocycles. The van der Waals surface area contributed by atoms with E-state index in [9.17, 15) is 10.1 Å². The van der Waals surface area contributed by atoms with Crippen LogP contribution in [0.2, 0.25) is 0 Å². The third-order valence-corrected chi connectivity index (χ3v) is 5.35. The van der Waals surface area contributed by atoms with Gasteiger partial charge in [0.25, 0.3) is 5.69 Å². The Morgan fingerprint density at radius 2 is 1.96 bits per heavy atom. The van der Waals surface area contributed by atoms with E-state index in [2.05, 4.69) is 10.3 Å². The van der Waals surface area contributed by atoms with Crippen molar-refractivity contribution in [3.05, 3.63) is 70.3 Å². The summed E-state index contributed by atoms with van der Waals surface area (Å²) in [4.78, 5) is 16.9. The van der Waals surface area contributed by atoms with E-state index in [1.165, 1.54) is 12.1 Å². The summed E-state index contributed by atoms with van der Waals surface area (Å²) in [5, 5.41) is 15.3. The number of hydrogen-bond donors (Lipinski definition) is 1. The number of thioether (sulfide) groups is 1. The SMILES string of the molecule is CNC(=S)N(C1=NC[C@@H](c2ccc([N+](=O)[O-])cc2)S1)c1ccccc1. The highest BCUT2D eigenvalue weighted by molar-refractivity contribution is 8.14. The van der Waals surface area contributed by atoms with Crippen LogP contribution >= 0.6 is 24.0 Å². The third kappa shape index (κ3) is 3.80. The molecule has 0 fully saturated rings. The topological polar surface area (TPSA) is 70.8 Å². The van der Waals surface area contributed by atoms with Crippen LogP contribution in [0.5, 0.6) is 0 Å². The number of nitrogens with one attached hydrogen (secondary N) is 1. The first kappa shape index (κ1) is 17.4. The molecular weight excluding hydrogens is 356 g/mol. The second kappa shape index (κ2) is 7.62. The van der Waals surface area contributed by atoms with Crippen molar-refractivity contribution in [3.63, 3.8) is 0 Å². The van der Waals surface area contributed by atoms with Gasteiger partial charge >= 0.3 is 0 Å². The summed E-state index contributed by atoms with van der Waals surface area (Å²) in [5.41, 5.74) is 2.05. The Morgan fingerprint density at radius 3 is 2.56 bits per heavy atom. The number of non-ortho nitro benzene ring substituents is 1. The predicted molar refractivity (Wildman–Crippen MR) is 106 cm³/mol. The van der Waals surface area contributed by atoms with Crippen molar-refractivity contribution in [2.24, 2.45) is 4.99 Å². The largest absolute Gasteiger partial charge is 0.365 e. The highest BCUT2D eigenvalue weighted by atomic mass is 32.2. The Hall–Kier alpha value is -2.45. The molecule has 0 bridgehead atoms. The van der Waals surface area contributed by atoms with Crippen LogP contribution in [0.1, 0.15) is 10.8 Å². The third-order valence-electron chi connectivity index (χ3n) is 3.74. The van der Waals surface area contributed by atoms with Crippen LogP contribution < -0.4 is 10.2 Å². The van der Waals surface area contributed by atoms with E-state index in [0.29, 0.717) is 11.7 Å². The van der Waals surface area contributed by atoms with Crippen LogP contribution in [0.3, 0.4) is 0 Å². The van der Waals surface area contributed by atoms with Gasteiger partial charge in [-0.25, -0.2) is 0 Å². The monoisotopic (exact) mass is 372 g/mol. The molecule has 0 saturated heterocycles. The molecule has 1 atom stereocenters. The Bertz CT molecular complexity index is 809. The van der Waals surface area contributed by atoms with Crippen molar-refractivity contribution in [1.29, 1.82) is 0 Å². The van der Waals surface area contributed by atoms with Crippen molar-refractivity contribution in [1.82, 2.24) is 5.32 Å². The maximum atomic E-state index is 10.8. The molecule has 8 heteroatoms. The summed E-state index contributed by atoms with van der Waals surface area (Å²) >= 11 is 7.05. The average molecular weight is 372 g/mol. The molecule has 0 radical (unpaired) electrons. The van der Waals surface area contributed by atoms with Gasteiger partial charge in [0.15, 0.2) is 10.3 Å². The van der Waals surface area contributed by atoms with E-state index in [0.717, 1.165) is 16.4 Å². The predicted octanol–water partition coefficient (Wildman–Crippen LogP) is 3.75. The van der Waals surface area contributed by atoms with Crippen molar-refractivity contribution < 1.29 is 4.92 Å². The number of anilines is 1. The van der Waals surface area contributed by atoms with Crippen LogP contribution in [0, 0.1) is 10.1 Å². The minimum atomic E-state index is -0.393. The van der Waals surface area contributed by atoms with Crippen LogP contribution in [0.4, 0.5) is 11.4 Å². The van der Waals surface area contributed by atoms with Gasteiger partial charge in [0.2, 0.25) is 0 Å². The Kier molecular flexibility index (Phi) is 5.30. The van der Waals surface area contributed by atoms with Gasteiger partial charge in [0.1, 0.15) is 0 Å². The van der Waals surface area contributed by atoms with Crippen molar-refractivity contribution >= 4 is 45.6 Å². The van der Waals surface area contributed by atoms with Crippen molar-refractivity contribution in [2.75, 3.05) is 18.5 Å². The summed E-state index contributed by atoms with van der Waals surface area (Å²) in [6.45, 7) is 0.605. The van der Waals surface area contributed by atoms with Crippen LogP contribution in [-0.4, -0.2) is 28.8 Å². The van der Waals surface area contributed by atoms with Gasteiger partial charge in [0.05, 0.1) is 22.4 Å². The first-order valence-electron chi connectivity index (χ1n) is 7.62. The molecule has 25 heavy (non-hydrogen) atoms. The Labute approximate surface area is 155 Å². The number of rotatable bonds is 3. The molecule has 1 N–H and O–H groups in total. The molecule has 128 valence electrons. The number of nitro benzene ring substituents is 1. The fraction of sp³-hybridized carbons (Fsp3) is 0.176. The van der Waals surface area contributed by atoms with E-state index in [4.69, 9.17) is 12.2 Å². The van der Waals surface area contributed by atoms with Gasteiger partial charge in [-0.3, -0.25) is 20.0 Å². The second-order valence-corrected chi connectivity index (χ2v) is 6.86. The molecular formula is C17H16N4O2S2. The smallest absolute Gasteiger partial charge is 0.269 e. The molecule has 2 aromatic carbocycles. The van der Waals surface area contributed by atoms with Crippen LogP contribution in [0.15, 0.2) is 59.6 Å². The number of nitrogens with zero attached hydrogens (tertiary/aromatic N) is 3. The number of amidine groups is 1. The summed E-state index contributed by atoms with van der Waals surface area (Å²) in [6, 6.07) is 16.5. The number of benzene rings is 2. The average Bonchev–Trinajstić information content (AvgIpc) is 3.12. The lowest BCUT2D eigenvalue weighted by atomic mass is 10.1. The molecule has 3 rings (SSSR count). The molecule has 6 nitrogen and oxygen atoms in total. The first-order valence-corrected chi connectivity index (χ1v) is 8.91. The highest BCUT2D eigenvalue weighted by Gasteiger charge is 2.28. The van der Waals surface area contributed by atoms with Crippen molar-refractivity contribution in [2.45, 2.75) is 5.25 Å². The zero-order valence-corrected chi connectivity index (χ0v) is 15.1. The summed E-state index contributed by atoms with van der Waals surface area (Å²) in [5.74, 6) is 0. The number of para-hydroxylation sites is 1. The Balaban J connectivity index is 1.79. The molecule has 0 amide bonds. The standard InChI is InChI=1S/C17H16N4O2S2/c1-18-16(24)20(13-5-3-2-4-6-13)17-19-11-15(25-17)12-7-9-14(10-8-12)21(22)23/h2-10,15H,11H2,1H3,(H,18,24)/t15-/m0/s1. The minimum Gasteiger partial charge on any atom is -0.365 e. The van der Waals surface area contributed by atoms with Crippen LogP contribution in [-0.2, 0) is 0 Å². The van der Waals surface area contributed by atoms with Crippen LogP contribution in [0.25, 0.3) is 0 Å². The molecule has 1 aliphatic heterocycles.